The summed E-state index contributed by atoms with van der Waals surface area (Å²) in [5, 5.41) is 10.1. The molecular weight excluding hydrogens is 268 g/mol. The van der Waals surface area contributed by atoms with Gasteiger partial charge in [-0.05, 0) is 39.1 Å². The van der Waals surface area contributed by atoms with E-state index < -0.39 is 14.4 Å². The lowest BCUT2D eigenvalue weighted by atomic mass is 10.0. The predicted octanol–water partition coefficient (Wildman–Crippen LogP) is 3.74. The highest BCUT2D eigenvalue weighted by Gasteiger charge is 2.17. The minimum absolute atomic E-state index is 0.0792. The Kier molecular flexibility index (Phi) is 5.71. The molecule has 0 heterocycles. The molecule has 4 heteroatoms. The second-order valence-corrected chi connectivity index (χ2v) is 10.5. The summed E-state index contributed by atoms with van der Waals surface area (Å²) >= 11 is 0. The van der Waals surface area contributed by atoms with Crippen LogP contribution < -0.4 is 0 Å². The van der Waals surface area contributed by atoms with E-state index in [4.69, 9.17) is 4.43 Å². The van der Waals surface area contributed by atoms with Gasteiger partial charge in [0, 0.05) is 12.5 Å². The summed E-state index contributed by atoms with van der Waals surface area (Å²) in [5.74, 6) is 0.514. The molecule has 1 aromatic rings. The molecule has 1 aromatic carbocycles. The Morgan fingerprint density at radius 2 is 2.05 bits per heavy atom. The molecule has 1 N–H and O–H groups in total. The van der Waals surface area contributed by atoms with Crippen molar-refractivity contribution in [1.29, 1.82) is 0 Å². The van der Waals surface area contributed by atoms with Gasteiger partial charge in [0.15, 0.2) is 5.78 Å². The fourth-order valence-corrected chi connectivity index (χ4v) is 3.01. The third kappa shape index (κ3) is 6.17. The first-order valence-corrected chi connectivity index (χ1v) is 10.2. The van der Waals surface area contributed by atoms with E-state index in [-0.39, 0.29) is 12.2 Å². The van der Waals surface area contributed by atoms with Gasteiger partial charge in [0.1, 0.15) is 0 Å². The van der Waals surface area contributed by atoms with E-state index in [2.05, 4.69) is 19.6 Å². The normalized spacial score (nSPS) is 14.0. The number of carbonyl (C=O) groups excluding carboxylic acids is 1. The second-order valence-electron chi connectivity index (χ2n) is 6.07. The summed E-state index contributed by atoms with van der Waals surface area (Å²) in [6.45, 7) is 9.95. The Morgan fingerprint density at radius 1 is 1.40 bits per heavy atom. The van der Waals surface area contributed by atoms with Gasteiger partial charge < -0.3 is 9.53 Å². The van der Waals surface area contributed by atoms with E-state index in [1.165, 1.54) is 6.08 Å². The van der Waals surface area contributed by atoms with Crippen molar-refractivity contribution >= 4 is 14.1 Å². The van der Waals surface area contributed by atoms with Gasteiger partial charge in [0.2, 0.25) is 8.32 Å². The van der Waals surface area contributed by atoms with Gasteiger partial charge in [0.05, 0.1) is 11.9 Å². The van der Waals surface area contributed by atoms with E-state index in [0.29, 0.717) is 5.76 Å². The van der Waals surface area contributed by atoms with Crippen LogP contribution in [-0.4, -0.2) is 19.2 Å². The summed E-state index contributed by atoms with van der Waals surface area (Å²) < 4.78 is 5.71. The van der Waals surface area contributed by atoms with Crippen LogP contribution in [0.5, 0.6) is 0 Å². The number of aliphatic hydroxyl groups is 1. The minimum atomic E-state index is -1.68. The first-order chi connectivity index (χ1) is 9.17. The van der Waals surface area contributed by atoms with Gasteiger partial charge in [-0.1, -0.05) is 29.8 Å². The van der Waals surface area contributed by atoms with Crippen LogP contribution in [0.4, 0.5) is 0 Å². The fraction of sp³-hybridized carbons (Fsp3) is 0.438. The molecule has 1 unspecified atom stereocenters. The van der Waals surface area contributed by atoms with Crippen LogP contribution in [0.2, 0.25) is 19.6 Å². The molecule has 110 valence electrons. The number of ketones is 1. The van der Waals surface area contributed by atoms with Crippen LogP contribution in [0.25, 0.3) is 0 Å². The van der Waals surface area contributed by atoms with Crippen LogP contribution in [0, 0.1) is 6.92 Å². The zero-order valence-corrected chi connectivity index (χ0v) is 13.9. The van der Waals surface area contributed by atoms with Crippen molar-refractivity contribution < 1.29 is 14.3 Å². The smallest absolute Gasteiger partial charge is 0.241 e. The standard InChI is InChI=1S/C16H24O3Si/c1-12-7-6-8-14(9-12)16(18)11-15(17)10-13(2)19-20(3,4)5/h6-10,16,18H,11H2,1-5H3/b13-10+. The quantitative estimate of drug-likeness (QED) is 0.493. The van der Waals surface area contributed by atoms with Crippen molar-refractivity contribution in [3.63, 3.8) is 0 Å². The molecule has 0 bridgehead atoms. The molecular formula is C16H24O3Si. The summed E-state index contributed by atoms with van der Waals surface area (Å²) in [6.07, 6.45) is 0.797. The molecule has 0 amide bonds. The highest BCUT2D eigenvalue weighted by atomic mass is 28.4. The third-order valence-electron chi connectivity index (χ3n) is 2.65. The molecule has 0 radical (unpaired) electrons. The first-order valence-electron chi connectivity index (χ1n) is 6.82. The minimum Gasteiger partial charge on any atom is -0.547 e. The topological polar surface area (TPSA) is 46.5 Å². The van der Waals surface area contributed by atoms with Crippen molar-refractivity contribution in [2.75, 3.05) is 0 Å². The molecule has 0 saturated carbocycles. The maximum atomic E-state index is 11.9. The molecule has 0 aliphatic rings. The van der Waals surface area contributed by atoms with Gasteiger partial charge in [-0.2, -0.15) is 0 Å². The van der Waals surface area contributed by atoms with Crippen LogP contribution in [0.3, 0.4) is 0 Å². The average molecular weight is 292 g/mol. The molecule has 0 aliphatic heterocycles. The lowest BCUT2D eigenvalue weighted by molar-refractivity contribution is -0.116. The van der Waals surface area contributed by atoms with Crippen molar-refractivity contribution in [2.24, 2.45) is 0 Å². The SMILES string of the molecule is C/C(=C\C(=O)CC(O)c1cccc(C)c1)O[Si](C)(C)C. The molecule has 3 nitrogen and oxygen atoms in total. The molecule has 0 aromatic heterocycles. The summed E-state index contributed by atoms with van der Waals surface area (Å²) in [4.78, 5) is 11.9. The van der Waals surface area contributed by atoms with E-state index in [1.54, 1.807) is 6.92 Å². The fourth-order valence-electron chi connectivity index (χ4n) is 1.98. The Bertz CT molecular complexity index is 501. The van der Waals surface area contributed by atoms with Gasteiger partial charge in [0.25, 0.3) is 0 Å². The molecule has 1 atom stereocenters. The van der Waals surface area contributed by atoms with Crippen molar-refractivity contribution in [1.82, 2.24) is 0 Å². The highest BCUT2D eigenvalue weighted by Crippen LogP contribution is 2.19. The number of hydrogen-bond donors (Lipinski definition) is 1. The summed E-state index contributed by atoms with van der Waals surface area (Å²) in [7, 11) is -1.68. The van der Waals surface area contributed by atoms with Gasteiger partial charge in [-0.15, -0.1) is 0 Å². The second kappa shape index (κ2) is 6.86. The van der Waals surface area contributed by atoms with Gasteiger partial charge in [-0.3, -0.25) is 4.79 Å². The van der Waals surface area contributed by atoms with E-state index in [1.807, 2.05) is 31.2 Å². The number of allylic oxidation sites excluding steroid dienone is 2. The number of carbonyl (C=O) groups is 1. The Labute approximate surface area is 122 Å². The number of rotatable bonds is 6. The first kappa shape index (κ1) is 16.7. The lowest BCUT2D eigenvalue weighted by Crippen LogP contribution is -2.24. The van der Waals surface area contributed by atoms with E-state index >= 15 is 0 Å². The van der Waals surface area contributed by atoms with Crippen LogP contribution >= 0.6 is 0 Å². The maximum absolute atomic E-state index is 11.9. The molecule has 0 spiro atoms. The number of hydrogen-bond acceptors (Lipinski definition) is 3. The average Bonchev–Trinajstić information content (AvgIpc) is 2.25. The predicted molar refractivity (Wildman–Crippen MR) is 84.0 cm³/mol. The third-order valence-corrected chi connectivity index (χ3v) is 3.59. The number of aliphatic hydroxyl groups excluding tert-OH is 1. The Hall–Kier alpha value is -1.39. The van der Waals surface area contributed by atoms with Crippen LogP contribution in [0.1, 0.15) is 30.6 Å². The Balaban J connectivity index is 2.64. The number of benzene rings is 1. The maximum Gasteiger partial charge on any atom is 0.241 e. The van der Waals surface area contributed by atoms with Crippen molar-refractivity contribution in [2.45, 2.75) is 46.0 Å². The van der Waals surface area contributed by atoms with Crippen LogP contribution in [-0.2, 0) is 9.22 Å². The Morgan fingerprint density at radius 3 is 2.60 bits per heavy atom. The van der Waals surface area contributed by atoms with Gasteiger partial charge >= 0.3 is 0 Å². The van der Waals surface area contributed by atoms with Gasteiger partial charge in [-0.25, -0.2) is 0 Å². The van der Waals surface area contributed by atoms with E-state index in [0.717, 1.165) is 11.1 Å². The molecule has 0 saturated heterocycles. The lowest BCUT2D eigenvalue weighted by Gasteiger charge is -2.19. The monoisotopic (exact) mass is 292 g/mol. The van der Waals surface area contributed by atoms with Crippen LogP contribution in [0.15, 0.2) is 36.1 Å². The molecule has 0 fully saturated rings. The zero-order valence-electron chi connectivity index (χ0n) is 12.9. The highest BCUT2D eigenvalue weighted by molar-refractivity contribution is 6.70. The summed E-state index contributed by atoms with van der Waals surface area (Å²) in [5.41, 5.74) is 1.85. The summed E-state index contributed by atoms with van der Waals surface area (Å²) in [6, 6.07) is 7.57. The van der Waals surface area contributed by atoms with Crippen molar-refractivity contribution in [3.05, 3.63) is 47.2 Å². The molecule has 1 rings (SSSR count). The molecule has 20 heavy (non-hydrogen) atoms. The van der Waals surface area contributed by atoms with E-state index in [9.17, 15) is 9.90 Å². The largest absolute Gasteiger partial charge is 0.547 e. The molecule has 0 aliphatic carbocycles. The number of aryl methyl sites for hydroxylation is 1. The van der Waals surface area contributed by atoms with Crippen molar-refractivity contribution in [3.8, 4) is 0 Å². The zero-order chi connectivity index (χ0) is 15.3.